The first-order valence-corrected chi connectivity index (χ1v) is 11.0. The van der Waals surface area contributed by atoms with Crippen molar-refractivity contribution in [2.45, 2.75) is 32.4 Å². The third kappa shape index (κ3) is 3.92. The van der Waals surface area contributed by atoms with E-state index >= 15 is 0 Å². The first-order chi connectivity index (χ1) is 16.6. The standard InChI is InChI=1S/C24H22N4O6/c1-2-32-24(31)17-13-16-20(25-19-9-3-4-10-27(19)23(16)30)28(14-15-7-5-11-33-15)21(17)26-22(29)18-8-6-12-34-18/h3-4,6,8-10,12-13,15H,2,5,7,11,14H2,1H3/t15-/m1/s1. The molecule has 4 aromatic heterocycles. The Kier molecular flexibility index (Phi) is 5.81. The smallest absolute Gasteiger partial charge is 0.341 e. The fourth-order valence-corrected chi connectivity index (χ4v) is 4.07. The highest BCUT2D eigenvalue weighted by molar-refractivity contribution is 5.95. The summed E-state index contributed by atoms with van der Waals surface area (Å²) >= 11 is 0. The zero-order chi connectivity index (χ0) is 23.7. The van der Waals surface area contributed by atoms with Crippen molar-refractivity contribution in [3.05, 3.63) is 76.0 Å². The van der Waals surface area contributed by atoms with Gasteiger partial charge in [0.2, 0.25) is 0 Å². The van der Waals surface area contributed by atoms with Gasteiger partial charge in [-0.25, -0.2) is 9.78 Å². The molecular formula is C24H22N4O6. The number of hydrogen-bond acceptors (Lipinski definition) is 7. The lowest BCUT2D eigenvalue weighted by atomic mass is 10.2. The summed E-state index contributed by atoms with van der Waals surface area (Å²) < 4.78 is 19.2. The van der Waals surface area contributed by atoms with Crippen molar-refractivity contribution in [3.8, 4) is 0 Å². The molecule has 174 valence electrons. The van der Waals surface area contributed by atoms with E-state index in [-0.39, 0.29) is 47.0 Å². The topological polar surface area (TPSA) is 117 Å². The van der Waals surface area contributed by atoms with Crippen LogP contribution in [0.5, 0.6) is 0 Å². The summed E-state index contributed by atoms with van der Waals surface area (Å²) in [6, 6.07) is 9.66. The van der Waals surface area contributed by atoms with E-state index < -0.39 is 11.9 Å². The predicted molar refractivity (Wildman–Crippen MR) is 120 cm³/mol. The highest BCUT2D eigenvalue weighted by atomic mass is 16.5. The summed E-state index contributed by atoms with van der Waals surface area (Å²) in [7, 11) is 0. The Morgan fingerprint density at radius 1 is 1.26 bits per heavy atom. The maximum atomic E-state index is 13.3. The van der Waals surface area contributed by atoms with E-state index in [9.17, 15) is 14.4 Å². The van der Waals surface area contributed by atoms with Crippen LogP contribution in [0.3, 0.4) is 0 Å². The Bertz CT molecular complexity index is 1510. The molecule has 34 heavy (non-hydrogen) atoms. The Balaban J connectivity index is 1.87. The lowest BCUT2D eigenvalue weighted by Gasteiger charge is -2.17. The van der Waals surface area contributed by atoms with E-state index in [2.05, 4.69) is 9.98 Å². The summed E-state index contributed by atoms with van der Waals surface area (Å²) in [5.74, 6) is -1.35. The maximum absolute atomic E-state index is 13.3. The van der Waals surface area contributed by atoms with Crippen molar-refractivity contribution in [3.63, 3.8) is 0 Å². The molecule has 1 amide bonds. The molecule has 4 aromatic rings. The molecule has 0 aromatic carbocycles. The molecule has 0 saturated carbocycles. The monoisotopic (exact) mass is 462 g/mol. The largest absolute Gasteiger partial charge is 0.462 e. The number of furan rings is 1. The van der Waals surface area contributed by atoms with Crippen molar-refractivity contribution < 1.29 is 23.5 Å². The SMILES string of the molecule is CCOC(=O)c1cc2c(=O)n3ccccc3nc2n(C[C@H]2CCCO2)c1=NC(=O)c1ccco1. The van der Waals surface area contributed by atoms with E-state index in [4.69, 9.17) is 13.9 Å². The van der Waals surface area contributed by atoms with Gasteiger partial charge in [0.05, 0.1) is 30.9 Å². The molecule has 1 aliphatic rings. The summed E-state index contributed by atoms with van der Waals surface area (Å²) in [6.07, 6.45) is 4.46. The minimum absolute atomic E-state index is 0.0120. The van der Waals surface area contributed by atoms with E-state index in [0.717, 1.165) is 12.8 Å². The van der Waals surface area contributed by atoms with Crippen LogP contribution >= 0.6 is 0 Å². The van der Waals surface area contributed by atoms with Crippen LogP contribution in [0.1, 0.15) is 40.7 Å². The van der Waals surface area contributed by atoms with Gasteiger partial charge in [-0.2, -0.15) is 4.99 Å². The van der Waals surface area contributed by atoms with Gasteiger partial charge < -0.3 is 18.5 Å². The van der Waals surface area contributed by atoms with Gasteiger partial charge in [-0.15, -0.1) is 0 Å². The summed E-state index contributed by atoms with van der Waals surface area (Å²) in [6.45, 7) is 2.65. The van der Waals surface area contributed by atoms with Crippen molar-refractivity contribution in [1.82, 2.24) is 14.0 Å². The van der Waals surface area contributed by atoms with E-state index in [1.165, 1.54) is 22.8 Å². The van der Waals surface area contributed by atoms with Crippen LogP contribution in [0.25, 0.3) is 16.7 Å². The van der Waals surface area contributed by atoms with Gasteiger partial charge >= 0.3 is 11.9 Å². The Morgan fingerprint density at radius 3 is 2.88 bits per heavy atom. The minimum Gasteiger partial charge on any atom is -0.462 e. The molecule has 0 aliphatic carbocycles. The third-order valence-electron chi connectivity index (χ3n) is 5.63. The molecule has 1 saturated heterocycles. The average Bonchev–Trinajstić information content (AvgIpc) is 3.55. The van der Waals surface area contributed by atoms with E-state index in [1.807, 2.05) is 0 Å². The normalized spacial score (nSPS) is 16.4. The molecule has 10 heteroatoms. The van der Waals surface area contributed by atoms with Crippen LogP contribution in [0, 0.1) is 0 Å². The number of hydrogen-bond donors (Lipinski definition) is 0. The molecule has 1 fully saturated rings. The van der Waals surface area contributed by atoms with E-state index in [0.29, 0.717) is 17.9 Å². The fraction of sp³-hybridized carbons (Fsp3) is 0.292. The van der Waals surface area contributed by atoms with Gasteiger partial charge in [-0.05, 0) is 50.1 Å². The number of ether oxygens (including phenoxy) is 2. The first kappa shape index (κ1) is 21.8. The fourth-order valence-electron chi connectivity index (χ4n) is 4.07. The van der Waals surface area contributed by atoms with Crippen molar-refractivity contribution >= 4 is 28.6 Å². The van der Waals surface area contributed by atoms with Crippen molar-refractivity contribution in [1.29, 1.82) is 0 Å². The van der Waals surface area contributed by atoms with Crippen LogP contribution in [-0.2, 0) is 16.0 Å². The highest BCUT2D eigenvalue weighted by Gasteiger charge is 2.24. The van der Waals surface area contributed by atoms with Crippen LogP contribution in [0.2, 0.25) is 0 Å². The number of amides is 1. The van der Waals surface area contributed by atoms with Gasteiger partial charge in [0, 0.05) is 12.8 Å². The number of pyridine rings is 2. The number of carbonyl (C=O) groups excluding carboxylic acids is 2. The summed E-state index contributed by atoms with van der Waals surface area (Å²) in [5.41, 5.74) is 0.396. The van der Waals surface area contributed by atoms with Gasteiger partial charge in [-0.1, -0.05) is 6.07 Å². The van der Waals surface area contributed by atoms with Crippen LogP contribution in [0.4, 0.5) is 0 Å². The zero-order valence-electron chi connectivity index (χ0n) is 18.5. The van der Waals surface area contributed by atoms with Crippen LogP contribution < -0.4 is 11.0 Å². The van der Waals surface area contributed by atoms with Gasteiger partial charge in [0.15, 0.2) is 11.2 Å². The molecule has 1 atom stereocenters. The number of nitrogens with zero attached hydrogens (tertiary/aromatic N) is 4. The molecule has 0 N–H and O–H groups in total. The van der Waals surface area contributed by atoms with Gasteiger partial charge in [0.25, 0.3) is 5.56 Å². The summed E-state index contributed by atoms with van der Waals surface area (Å²) in [5, 5.41) is 0.203. The number of carbonyl (C=O) groups is 2. The lowest BCUT2D eigenvalue weighted by molar-refractivity contribution is 0.0521. The third-order valence-corrected chi connectivity index (χ3v) is 5.63. The van der Waals surface area contributed by atoms with E-state index in [1.54, 1.807) is 42.0 Å². The van der Waals surface area contributed by atoms with Gasteiger partial charge in [0.1, 0.15) is 16.9 Å². The average molecular weight is 462 g/mol. The number of aromatic nitrogens is 3. The minimum atomic E-state index is -0.700. The molecule has 0 radical (unpaired) electrons. The first-order valence-electron chi connectivity index (χ1n) is 11.0. The number of fused-ring (bicyclic) bond motifs is 2. The predicted octanol–water partition coefficient (Wildman–Crippen LogP) is 2.34. The second kappa shape index (κ2) is 9.06. The Hall–Kier alpha value is -4.05. The maximum Gasteiger partial charge on any atom is 0.341 e. The van der Waals surface area contributed by atoms with Crippen LogP contribution in [0.15, 0.2) is 63.1 Å². The highest BCUT2D eigenvalue weighted by Crippen LogP contribution is 2.17. The number of esters is 1. The lowest BCUT2D eigenvalue weighted by Crippen LogP contribution is -2.35. The zero-order valence-corrected chi connectivity index (χ0v) is 18.5. The molecule has 10 nitrogen and oxygen atoms in total. The molecule has 0 bridgehead atoms. The molecular weight excluding hydrogens is 440 g/mol. The van der Waals surface area contributed by atoms with Gasteiger partial charge in [-0.3, -0.25) is 14.0 Å². The molecule has 5 heterocycles. The molecule has 0 spiro atoms. The quantitative estimate of drug-likeness (QED) is 0.330. The second-order valence-corrected chi connectivity index (χ2v) is 7.83. The molecule has 5 rings (SSSR count). The summed E-state index contributed by atoms with van der Waals surface area (Å²) in [4.78, 5) is 48.1. The van der Waals surface area contributed by atoms with Crippen molar-refractivity contribution in [2.75, 3.05) is 13.2 Å². The van der Waals surface area contributed by atoms with Crippen molar-refractivity contribution in [2.24, 2.45) is 4.99 Å². The second-order valence-electron chi connectivity index (χ2n) is 7.83. The molecule has 0 unspecified atom stereocenters. The Labute approximate surface area is 193 Å². The van der Waals surface area contributed by atoms with Crippen LogP contribution in [-0.4, -0.2) is 45.1 Å². The number of rotatable bonds is 5. The Morgan fingerprint density at radius 2 is 2.15 bits per heavy atom. The molecule has 1 aliphatic heterocycles.